The molecule has 26 heavy (non-hydrogen) atoms. The normalized spacial score (nSPS) is 15.5. The first-order chi connectivity index (χ1) is 12.5. The van der Waals surface area contributed by atoms with Crippen LogP contribution in [0.2, 0.25) is 0 Å². The van der Waals surface area contributed by atoms with Gasteiger partial charge in [-0.15, -0.1) is 0 Å². The number of ether oxygens (including phenoxy) is 2. The van der Waals surface area contributed by atoms with E-state index in [4.69, 9.17) is 9.47 Å². The minimum absolute atomic E-state index is 0.00535. The number of carbonyl (C=O) groups is 2. The molecule has 2 amide bonds. The van der Waals surface area contributed by atoms with E-state index >= 15 is 0 Å². The van der Waals surface area contributed by atoms with Crippen LogP contribution in [0, 0.1) is 0 Å². The van der Waals surface area contributed by atoms with Gasteiger partial charge in [0, 0.05) is 25.4 Å². The van der Waals surface area contributed by atoms with Gasteiger partial charge in [-0.05, 0) is 24.3 Å². The molecule has 0 saturated heterocycles. The number of rotatable bonds is 5. The lowest BCUT2D eigenvalue weighted by Crippen LogP contribution is -2.38. The Balaban J connectivity index is 1.43. The van der Waals surface area contributed by atoms with E-state index in [9.17, 15) is 18.0 Å². The Morgan fingerprint density at radius 3 is 2.73 bits per heavy atom. The maximum Gasteiger partial charge on any atom is 0.280 e. The number of benzene rings is 1. The third-order valence-corrected chi connectivity index (χ3v) is 5.47. The lowest BCUT2D eigenvalue weighted by Gasteiger charge is -2.14. The van der Waals surface area contributed by atoms with Crippen LogP contribution in [-0.2, 0) is 10.0 Å². The van der Waals surface area contributed by atoms with Gasteiger partial charge in [-0.1, -0.05) is 0 Å². The highest BCUT2D eigenvalue weighted by molar-refractivity contribution is 7.89. The van der Waals surface area contributed by atoms with Crippen molar-refractivity contribution in [2.24, 2.45) is 0 Å². The van der Waals surface area contributed by atoms with Crippen LogP contribution in [-0.4, -0.2) is 50.0 Å². The predicted molar refractivity (Wildman–Crippen MR) is 87.4 cm³/mol. The van der Waals surface area contributed by atoms with Crippen molar-refractivity contribution in [2.45, 2.75) is 4.90 Å². The highest BCUT2D eigenvalue weighted by Crippen LogP contribution is 2.33. The monoisotopic (exact) mass is 375 g/mol. The topological polar surface area (TPSA) is 115 Å². The van der Waals surface area contributed by atoms with Gasteiger partial charge in [-0.25, -0.2) is 13.1 Å². The van der Waals surface area contributed by atoms with Gasteiger partial charge >= 0.3 is 0 Å². The van der Waals surface area contributed by atoms with Gasteiger partial charge in [-0.2, -0.15) is 0 Å². The van der Waals surface area contributed by atoms with Crippen molar-refractivity contribution < 1.29 is 27.5 Å². The summed E-state index contributed by atoms with van der Waals surface area (Å²) in [6.07, 6.45) is 1.43. The van der Waals surface area contributed by atoms with Gasteiger partial charge in [0.1, 0.15) is 5.69 Å². The molecule has 4 rings (SSSR count). The lowest BCUT2D eigenvalue weighted by atomic mass is 10.2. The van der Waals surface area contributed by atoms with E-state index in [0.29, 0.717) is 11.5 Å². The van der Waals surface area contributed by atoms with Crippen LogP contribution in [0.5, 0.6) is 11.5 Å². The molecule has 0 atom stereocenters. The highest BCUT2D eigenvalue weighted by Gasteiger charge is 2.36. The molecule has 1 N–H and O–H groups in total. The maximum absolute atomic E-state index is 12.4. The van der Waals surface area contributed by atoms with Crippen LogP contribution >= 0.6 is 0 Å². The summed E-state index contributed by atoms with van der Waals surface area (Å²) in [7, 11) is -3.83. The smallest absolute Gasteiger partial charge is 0.280 e. The van der Waals surface area contributed by atoms with Gasteiger partial charge in [0.15, 0.2) is 11.5 Å². The second-order valence-corrected chi connectivity index (χ2v) is 7.34. The fourth-order valence-electron chi connectivity index (χ4n) is 2.74. The number of nitrogens with one attached hydrogen (secondary N) is 1. The number of fused-ring (bicyclic) bond motifs is 2. The largest absolute Gasteiger partial charge is 0.454 e. The molecule has 2 aliphatic heterocycles. The van der Waals surface area contributed by atoms with Crippen LogP contribution in [0.4, 0.5) is 0 Å². The third-order valence-electron chi connectivity index (χ3n) is 4.01. The molecular formula is C16H13N3O6S. The van der Waals surface area contributed by atoms with E-state index in [1.165, 1.54) is 30.5 Å². The van der Waals surface area contributed by atoms with E-state index in [0.717, 1.165) is 4.90 Å². The summed E-state index contributed by atoms with van der Waals surface area (Å²) >= 11 is 0. The molecular weight excluding hydrogens is 362 g/mol. The number of nitrogens with zero attached hydrogens (tertiary/aromatic N) is 2. The Hall–Kier alpha value is -2.98. The van der Waals surface area contributed by atoms with E-state index in [1.807, 2.05) is 0 Å². The molecule has 0 saturated carbocycles. The van der Waals surface area contributed by atoms with E-state index in [2.05, 4.69) is 9.71 Å². The maximum atomic E-state index is 12.4. The zero-order chi connectivity index (χ0) is 18.3. The molecule has 134 valence electrons. The Bertz CT molecular complexity index is 985. The average molecular weight is 375 g/mol. The van der Waals surface area contributed by atoms with Gasteiger partial charge < -0.3 is 9.47 Å². The number of imide groups is 1. The minimum Gasteiger partial charge on any atom is -0.454 e. The molecule has 0 spiro atoms. The summed E-state index contributed by atoms with van der Waals surface area (Å²) in [6.45, 7) is -0.180. The van der Waals surface area contributed by atoms with Gasteiger partial charge in [0.05, 0.1) is 10.5 Å². The SMILES string of the molecule is O=C1c2cccnc2C(=O)N1CCNS(=O)(=O)c1ccc2c(c1)OCO2. The van der Waals surface area contributed by atoms with Crippen molar-refractivity contribution in [2.75, 3.05) is 19.9 Å². The molecule has 2 aliphatic rings. The first kappa shape index (κ1) is 16.5. The number of amides is 2. The summed E-state index contributed by atoms with van der Waals surface area (Å²) in [5.41, 5.74) is 0.298. The molecule has 0 unspecified atom stereocenters. The molecule has 3 heterocycles. The van der Waals surface area contributed by atoms with Crippen molar-refractivity contribution in [3.63, 3.8) is 0 Å². The van der Waals surface area contributed by atoms with Gasteiger partial charge in [0.25, 0.3) is 11.8 Å². The molecule has 0 fully saturated rings. The van der Waals surface area contributed by atoms with Gasteiger partial charge in [-0.3, -0.25) is 19.5 Å². The molecule has 2 aromatic rings. The number of sulfonamides is 1. The van der Waals surface area contributed by atoms with Crippen LogP contribution < -0.4 is 14.2 Å². The second-order valence-electron chi connectivity index (χ2n) is 5.57. The highest BCUT2D eigenvalue weighted by atomic mass is 32.2. The fraction of sp³-hybridized carbons (Fsp3) is 0.188. The predicted octanol–water partition coefficient (Wildman–Crippen LogP) is 0.385. The molecule has 9 nitrogen and oxygen atoms in total. The standard InChI is InChI=1S/C16H13N3O6S/c20-15-11-2-1-5-17-14(11)16(21)19(15)7-6-18-26(22,23)10-3-4-12-13(8-10)25-9-24-12/h1-5,8,18H,6-7,9H2. The Morgan fingerprint density at radius 1 is 1.12 bits per heavy atom. The Kier molecular flexibility index (Phi) is 3.85. The number of aromatic nitrogens is 1. The van der Waals surface area contributed by atoms with Crippen molar-refractivity contribution in [1.29, 1.82) is 0 Å². The summed E-state index contributed by atoms with van der Waals surface area (Å²) in [4.78, 5) is 29.3. The average Bonchev–Trinajstić information content (AvgIpc) is 3.20. The van der Waals surface area contributed by atoms with Crippen molar-refractivity contribution >= 4 is 21.8 Å². The zero-order valence-corrected chi connectivity index (χ0v) is 14.2. The number of pyridine rings is 1. The third kappa shape index (κ3) is 2.68. The molecule has 1 aromatic heterocycles. The summed E-state index contributed by atoms with van der Waals surface area (Å²) in [6, 6.07) is 7.33. The fourth-order valence-corrected chi connectivity index (χ4v) is 3.77. The quantitative estimate of drug-likeness (QED) is 0.752. The molecule has 10 heteroatoms. The van der Waals surface area contributed by atoms with E-state index < -0.39 is 21.8 Å². The van der Waals surface area contributed by atoms with Gasteiger partial charge in [0.2, 0.25) is 16.8 Å². The summed E-state index contributed by atoms with van der Waals surface area (Å²) in [5.74, 6) is -0.199. The number of hydrogen-bond donors (Lipinski definition) is 1. The number of carbonyl (C=O) groups excluding carboxylic acids is 2. The van der Waals surface area contributed by atoms with Crippen LogP contribution in [0.25, 0.3) is 0 Å². The van der Waals surface area contributed by atoms with E-state index in [-0.39, 0.29) is 36.0 Å². The molecule has 0 radical (unpaired) electrons. The van der Waals surface area contributed by atoms with Crippen LogP contribution in [0.1, 0.15) is 20.8 Å². The zero-order valence-electron chi connectivity index (χ0n) is 13.3. The first-order valence-corrected chi connectivity index (χ1v) is 9.16. The lowest BCUT2D eigenvalue weighted by molar-refractivity contribution is 0.0655. The van der Waals surface area contributed by atoms with E-state index in [1.54, 1.807) is 6.07 Å². The minimum atomic E-state index is -3.83. The van der Waals surface area contributed by atoms with Crippen molar-refractivity contribution in [3.8, 4) is 11.5 Å². The second kappa shape index (κ2) is 6.07. The van der Waals surface area contributed by atoms with Crippen LogP contribution in [0.15, 0.2) is 41.4 Å². The van der Waals surface area contributed by atoms with Crippen LogP contribution in [0.3, 0.4) is 0 Å². The molecule has 0 aliphatic carbocycles. The summed E-state index contributed by atoms with van der Waals surface area (Å²) in [5, 5.41) is 0. The Labute approximate surface area is 148 Å². The molecule has 0 bridgehead atoms. The Morgan fingerprint density at radius 2 is 1.92 bits per heavy atom. The van der Waals surface area contributed by atoms with Crippen molar-refractivity contribution in [1.82, 2.24) is 14.6 Å². The van der Waals surface area contributed by atoms with Crippen molar-refractivity contribution in [3.05, 3.63) is 47.8 Å². The first-order valence-electron chi connectivity index (χ1n) is 7.68. The molecule has 1 aromatic carbocycles. The summed E-state index contributed by atoms with van der Waals surface area (Å²) < 4.78 is 37.4. The number of hydrogen-bond acceptors (Lipinski definition) is 7.